The smallest absolute Gasteiger partial charge is 0.189 e. The standard InChI is InChI=1S/C18H22N4OS2/c1-3-5-12-10-6-4-7-11(10)13-14-15(25-17(13)20-12)16(19-8-9-23)22-18(21-14)24-2/h23H,3-9H2,1-2H3,(H,19,21,22). The number of thiophene rings is 1. The molecule has 0 amide bonds. The highest BCUT2D eigenvalue weighted by atomic mass is 32.2. The van der Waals surface area contributed by atoms with E-state index in [4.69, 9.17) is 15.1 Å². The van der Waals surface area contributed by atoms with E-state index in [1.807, 2.05) is 6.26 Å². The van der Waals surface area contributed by atoms with E-state index in [0.29, 0.717) is 6.54 Å². The van der Waals surface area contributed by atoms with Gasteiger partial charge in [0.2, 0.25) is 0 Å². The van der Waals surface area contributed by atoms with Crippen molar-refractivity contribution < 1.29 is 5.11 Å². The van der Waals surface area contributed by atoms with Crippen LogP contribution in [0.1, 0.15) is 36.6 Å². The van der Waals surface area contributed by atoms with Crippen molar-refractivity contribution in [1.29, 1.82) is 0 Å². The van der Waals surface area contributed by atoms with Gasteiger partial charge >= 0.3 is 0 Å². The van der Waals surface area contributed by atoms with Crippen LogP contribution in [0, 0.1) is 0 Å². The summed E-state index contributed by atoms with van der Waals surface area (Å²) in [5.41, 5.74) is 5.22. The molecule has 0 saturated heterocycles. The average molecular weight is 375 g/mol. The fourth-order valence-corrected chi connectivity index (χ4v) is 5.15. The Hall–Kier alpha value is -1.44. The molecule has 0 fully saturated rings. The number of hydrogen-bond acceptors (Lipinski definition) is 7. The van der Waals surface area contributed by atoms with Gasteiger partial charge in [-0.25, -0.2) is 15.0 Å². The van der Waals surface area contributed by atoms with Gasteiger partial charge in [-0.2, -0.15) is 0 Å². The summed E-state index contributed by atoms with van der Waals surface area (Å²) in [6, 6.07) is 0. The summed E-state index contributed by atoms with van der Waals surface area (Å²) in [5, 5.41) is 14.4. The van der Waals surface area contributed by atoms with Crippen molar-refractivity contribution in [3.63, 3.8) is 0 Å². The number of fused-ring (bicyclic) bond motifs is 5. The molecule has 0 atom stereocenters. The zero-order valence-corrected chi connectivity index (χ0v) is 16.2. The summed E-state index contributed by atoms with van der Waals surface area (Å²) in [7, 11) is 0. The van der Waals surface area contributed by atoms with Crippen LogP contribution >= 0.6 is 23.1 Å². The molecule has 0 spiro atoms. The highest BCUT2D eigenvalue weighted by Gasteiger charge is 2.24. The van der Waals surface area contributed by atoms with Crippen LogP contribution in [-0.4, -0.2) is 39.5 Å². The van der Waals surface area contributed by atoms with Crippen LogP contribution in [0.5, 0.6) is 0 Å². The molecule has 0 bridgehead atoms. The third-order valence-electron chi connectivity index (χ3n) is 4.67. The van der Waals surface area contributed by atoms with Gasteiger partial charge in [0.05, 0.1) is 16.8 Å². The van der Waals surface area contributed by atoms with Crippen molar-refractivity contribution in [2.75, 3.05) is 24.7 Å². The van der Waals surface area contributed by atoms with Crippen LogP contribution in [-0.2, 0) is 19.3 Å². The lowest BCUT2D eigenvalue weighted by molar-refractivity contribution is 0.311. The Morgan fingerprint density at radius 1 is 1.20 bits per heavy atom. The monoisotopic (exact) mass is 374 g/mol. The number of aliphatic hydroxyl groups excluding tert-OH is 1. The molecule has 25 heavy (non-hydrogen) atoms. The van der Waals surface area contributed by atoms with Crippen LogP contribution in [0.3, 0.4) is 0 Å². The first kappa shape index (κ1) is 17.0. The van der Waals surface area contributed by atoms with E-state index in [1.165, 1.54) is 28.6 Å². The molecule has 0 saturated carbocycles. The van der Waals surface area contributed by atoms with Crippen molar-refractivity contribution in [2.45, 2.75) is 44.2 Å². The summed E-state index contributed by atoms with van der Waals surface area (Å²) >= 11 is 3.22. The molecule has 2 N–H and O–H groups in total. The van der Waals surface area contributed by atoms with Gasteiger partial charge in [0.25, 0.3) is 0 Å². The number of hydrogen-bond donors (Lipinski definition) is 2. The number of aryl methyl sites for hydroxylation is 2. The highest BCUT2D eigenvalue weighted by molar-refractivity contribution is 7.98. The largest absolute Gasteiger partial charge is 0.395 e. The first-order valence-electron chi connectivity index (χ1n) is 8.80. The summed E-state index contributed by atoms with van der Waals surface area (Å²) in [5.74, 6) is 0.815. The second kappa shape index (κ2) is 7.05. The van der Waals surface area contributed by atoms with E-state index < -0.39 is 0 Å². The molecule has 132 valence electrons. The molecule has 0 radical (unpaired) electrons. The van der Waals surface area contributed by atoms with Gasteiger partial charge in [0, 0.05) is 17.6 Å². The molecule has 3 aromatic rings. The lowest BCUT2D eigenvalue weighted by Crippen LogP contribution is -2.07. The second-order valence-electron chi connectivity index (χ2n) is 6.29. The summed E-state index contributed by atoms with van der Waals surface area (Å²) < 4.78 is 1.05. The Morgan fingerprint density at radius 2 is 2.04 bits per heavy atom. The predicted octanol–water partition coefficient (Wildman–Crippen LogP) is 3.81. The highest BCUT2D eigenvalue weighted by Crippen LogP contribution is 2.42. The predicted molar refractivity (Wildman–Crippen MR) is 106 cm³/mol. The zero-order valence-electron chi connectivity index (χ0n) is 14.6. The molecular formula is C18H22N4OS2. The summed E-state index contributed by atoms with van der Waals surface area (Å²) in [4.78, 5) is 15.5. The van der Waals surface area contributed by atoms with Gasteiger partial charge < -0.3 is 10.4 Å². The van der Waals surface area contributed by atoms with Crippen LogP contribution in [0.4, 0.5) is 5.82 Å². The van der Waals surface area contributed by atoms with Crippen LogP contribution in [0.2, 0.25) is 0 Å². The van der Waals surface area contributed by atoms with Crippen molar-refractivity contribution >= 4 is 49.3 Å². The third-order valence-corrected chi connectivity index (χ3v) is 6.30. The van der Waals surface area contributed by atoms with Crippen molar-refractivity contribution in [1.82, 2.24) is 15.0 Å². The molecule has 5 nitrogen and oxygen atoms in total. The molecular weight excluding hydrogens is 352 g/mol. The zero-order chi connectivity index (χ0) is 17.4. The van der Waals surface area contributed by atoms with Crippen molar-refractivity contribution in [2.24, 2.45) is 0 Å². The van der Waals surface area contributed by atoms with Gasteiger partial charge in [0.15, 0.2) is 5.16 Å². The van der Waals surface area contributed by atoms with E-state index in [2.05, 4.69) is 17.2 Å². The molecule has 1 aliphatic carbocycles. The number of nitrogens with one attached hydrogen (secondary N) is 1. The van der Waals surface area contributed by atoms with Gasteiger partial charge in [-0.1, -0.05) is 25.1 Å². The molecule has 0 aromatic carbocycles. The summed E-state index contributed by atoms with van der Waals surface area (Å²) in [6.07, 6.45) is 7.63. The molecule has 4 rings (SSSR count). The number of anilines is 1. The molecule has 3 heterocycles. The Labute approximate surface area is 155 Å². The van der Waals surface area contributed by atoms with E-state index in [9.17, 15) is 0 Å². The number of rotatable bonds is 6. The Morgan fingerprint density at radius 3 is 2.80 bits per heavy atom. The SMILES string of the molecule is CCCc1nc2sc3c(NCCO)nc(SC)nc3c2c2c1CCC2. The molecule has 3 aromatic heterocycles. The van der Waals surface area contributed by atoms with E-state index >= 15 is 0 Å². The maximum atomic E-state index is 9.17. The first-order chi connectivity index (χ1) is 12.3. The minimum absolute atomic E-state index is 0.0826. The number of nitrogens with zero attached hydrogens (tertiary/aromatic N) is 3. The van der Waals surface area contributed by atoms with E-state index in [-0.39, 0.29) is 6.61 Å². The number of pyridine rings is 1. The fraction of sp³-hybridized carbons (Fsp3) is 0.500. The fourth-order valence-electron chi connectivity index (χ4n) is 3.65. The Balaban J connectivity index is 2.02. The number of aromatic nitrogens is 3. The molecule has 0 unspecified atom stereocenters. The van der Waals surface area contributed by atoms with Gasteiger partial charge in [-0.05, 0) is 43.1 Å². The minimum Gasteiger partial charge on any atom is -0.395 e. The van der Waals surface area contributed by atoms with E-state index in [0.717, 1.165) is 51.7 Å². The topological polar surface area (TPSA) is 70.9 Å². The van der Waals surface area contributed by atoms with Gasteiger partial charge in [0.1, 0.15) is 10.6 Å². The van der Waals surface area contributed by atoms with Crippen molar-refractivity contribution in [3.05, 3.63) is 16.8 Å². The van der Waals surface area contributed by atoms with E-state index in [1.54, 1.807) is 23.1 Å². The normalized spacial score (nSPS) is 13.7. The third kappa shape index (κ3) is 2.88. The first-order valence-corrected chi connectivity index (χ1v) is 10.8. The van der Waals surface area contributed by atoms with Crippen LogP contribution in [0.25, 0.3) is 20.4 Å². The summed E-state index contributed by atoms with van der Waals surface area (Å²) in [6.45, 7) is 2.78. The lowest BCUT2D eigenvalue weighted by Gasteiger charge is -2.09. The van der Waals surface area contributed by atoms with Gasteiger partial charge in [-0.3, -0.25) is 0 Å². The average Bonchev–Trinajstić information content (AvgIpc) is 3.23. The van der Waals surface area contributed by atoms with Crippen LogP contribution < -0.4 is 5.32 Å². The van der Waals surface area contributed by atoms with Crippen LogP contribution in [0.15, 0.2) is 5.16 Å². The Kier molecular flexibility index (Phi) is 4.80. The molecule has 0 aliphatic heterocycles. The van der Waals surface area contributed by atoms with Crippen molar-refractivity contribution in [3.8, 4) is 0 Å². The Bertz CT molecular complexity index is 938. The maximum absolute atomic E-state index is 9.17. The second-order valence-corrected chi connectivity index (χ2v) is 8.06. The quantitative estimate of drug-likeness (QED) is 0.505. The minimum atomic E-state index is 0.0826. The maximum Gasteiger partial charge on any atom is 0.189 e. The molecule has 1 aliphatic rings. The molecule has 7 heteroatoms. The van der Waals surface area contributed by atoms with Gasteiger partial charge in [-0.15, -0.1) is 11.3 Å². The number of thioether (sulfide) groups is 1. The number of aliphatic hydroxyl groups is 1. The lowest BCUT2D eigenvalue weighted by atomic mass is 10.0.